The predicted molar refractivity (Wildman–Crippen MR) is 114 cm³/mol. The van der Waals surface area contributed by atoms with Crippen molar-refractivity contribution in [2.75, 3.05) is 0 Å². The van der Waals surface area contributed by atoms with Gasteiger partial charge in [-0.3, -0.25) is 9.59 Å². The second-order valence-electron chi connectivity index (χ2n) is 7.14. The fourth-order valence-corrected chi connectivity index (χ4v) is 4.70. The van der Waals surface area contributed by atoms with Gasteiger partial charge >= 0.3 is 0 Å². The summed E-state index contributed by atoms with van der Waals surface area (Å²) >= 11 is 1.15. The Morgan fingerprint density at radius 1 is 1.07 bits per heavy atom. The molecule has 3 rings (SSSR count). The predicted octanol–water partition coefficient (Wildman–Crippen LogP) is 5.64. The van der Waals surface area contributed by atoms with Gasteiger partial charge in [-0.1, -0.05) is 90.7 Å². The highest BCUT2D eigenvalue weighted by atomic mass is 32.2. The third kappa shape index (κ3) is 4.30. The molecule has 138 valence electrons. The van der Waals surface area contributed by atoms with Crippen molar-refractivity contribution in [3.05, 3.63) is 84.5 Å². The van der Waals surface area contributed by atoms with Gasteiger partial charge in [0.25, 0.3) is 0 Å². The van der Waals surface area contributed by atoms with Gasteiger partial charge in [-0.05, 0) is 43.4 Å². The molecule has 27 heavy (non-hydrogen) atoms. The molecule has 0 aliphatic carbocycles. The molecule has 0 bridgehead atoms. The molecule has 2 nitrogen and oxygen atoms in total. The third-order valence-corrected chi connectivity index (χ3v) is 6.24. The van der Waals surface area contributed by atoms with Crippen LogP contribution in [-0.2, 0) is 16.0 Å². The Balaban J connectivity index is 1.67. The zero-order valence-electron chi connectivity index (χ0n) is 15.8. The summed E-state index contributed by atoms with van der Waals surface area (Å²) in [5, 5.41) is -0.0171. The zero-order valence-corrected chi connectivity index (χ0v) is 16.6. The van der Waals surface area contributed by atoms with Gasteiger partial charge < -0.3 is 0 Å². The number of rotatable bonds is 6. The van der Waals surface area contributed by atoms with Crippen molar-refractivity contribution in [2.45, 2.75) is 31.4 Å². The van der Waals surface area contributed by atoms with Crippen LogP contribution in [0.3, 0.4) is 0 Å². The first-order valence-electron chi connectivity index (χ1n) is 9.16. The Bertz CT molecular complexity index is 880. The fourth-order valence-electron chi connectivity index (χ4n) is 3.43. The summed E-state index contributed by atoms with van der Waals surface area (Å²) in [7, 11) is 0. The molecule has 0 saturated carbocycles. The number of hydrogen-bond acceptors (Lipinski definition) is 3. The number of Topliss-reactive ketones (excluding diaryl/α,β-unsaturated/α-hetero) is 1. The highest BCUT2D eigenvalue weighted by Gasteiger charge is 2.49. The number of carbonyl (C=O) groups is 2. The van der Waals surface area contributed by atoms with E-state index in [2.05, 4.69) is 43.0 Å². The monoisotopic (exact) mass is 376 g/mol. The van der Waals surface area contributed by atoms with Gasteiger partial charge in [-0.25, -0.2) is 0 Å². The average molecular weight is 377 g/mol. The van der Waals surface area contributed by atoms with Crippen LogP contribution in [0.4, 0.5) is 0 Å². The third-order valence-electron chi connectivity index (χ3n) is 5.01. The van der Waals surface area contributed by atoms with Crippen LogP contribution < -0.4 is 0 Å². The molecule has 1 heterocycles. The SMILES string of the molecule is C=CC(C)=C[C@@]1(C)SC(=O)C(CCc2ccc(-c3ccccc3)cc2)C1=O. The second kappa shape index (κ2) is 8.10. The summed E-state index contributed by atoms with van der Waals surface area (Å²) in [6, 6.07) is 18.6. The first-order chi connectivity index (χ1) is 12.9. The van der Waals surface area contributed by atoms with Gasteiger partial charge in [-0.15, -0.1) is 0 Å². The van der Waals surface area contributed by atoms with Crippen molar-refractivity contribution >= 4 is 22.7 Å². The van der Waals surface area contributed by atoms with E-state index < -0.39 is 10.7 Å². The molecule has 1 aliphatic heterocycles. The van der Waals surface area contributed by atoms with Gasteiger partial charge in [0.15, 0.2) is 5.78 Å². The maximum Gasteiger partial charge on any atom is 0.200 e. The molecular weight excluding hydrogens is 352 g/mol. The summed E-state index contributed by atoms with van der Waals surface area (Å²) in [5.74, 6) is -0.512. The number of thioether (sulfide) groups is 1. The van der Waals surface area contributed by atoms with Gasteiger partial charge in [-0.2, -0.15) is 0 Å². The maximum absolute atomic E-state index is 12.8. The highest BCUT2D eigenvalue weighted by Crippen LogP contribution is 2.43. The summed E-state index contributed by atoms with van der Waals surface area (Å²) in [6.45, 7) is 7.46. The van der Waals surface area contributed by atoms with Gasteiger partial charge in [0.05, 0.1) is 10.7 Å². The molecule has 0 aromatic heterocycles. The molecule has 2 atom stereocenters. The lowest BCUT2D eigenvalue weighted by Gasteiger charge is -2.16. The van der Waals surface area contributed by atoms with Gasteiger partial charge in [0.1, 0.15) is 0 Å². The number of benzene rings is 2. The van der Waals surface area contributed by atoms with E-state index in [1.165, 1.54) is 11.1 Å². The van der Waals surface area contributed by atoms with Crippen LogP contribution in [0.5, 0.6) is 0 Å². The van der Waals surface area contributed by atoms with E-state index in [9.17, 15) is 9.59 Å². The Kier molecular flexibility index (Phi) is 5.81. The smallest absolute Gasteiger partial charge is 0.200 e. The molecule has 2 aromatic rings. The topological polar surface area (TPSA) is 34.1 Å². The van der Waals surface area contributed by atoms with Crippen molar-refractivity contribution < 1.29 is 9.59 Å². The van der Waals surface area contributed by atoms with Crippen LogP contribution >= 0.6 is 11.8 Å². The number of allylic oxidation sites excluding steroid dienone is 2. The van der Waals surface area contributed by atoms with E-state index >= 15 is 0 Å². The van der Waals surface area contributed by atoms with Crippen molar-refractivity contribution in [1.29, 1.82) is 0 Å². The minimum absolute atomic E-state index is 0.0135. The molecule has 1 unspecified atom stereocenters. The highest BCUT2D eigenvalue weighted by molar-refractivity contribution is 8.16. The molecular formula is C24H24O2S. The van der Waals surface area contributed by atoms with Crippen LogP contribution in [0.2, 0.25) is 0 Å². The van der Waals surface area contributed by atoms with E-state index in [0.717, 1.165) is 29.3 Å². The number of aryl methyl sites for hydroxylation is 1. The minimum Gasteiger partial charge on any atom is -0.297 e. The van der Waals surface area contributed by atoms with Crippen molar-refractivity contribution in [2.24, 2.45) is 5.92 Å². The lowest BCUT2D eigenvalue weighted by molar-refractivity contribution is -0.127. The van der Waals surface area contributed by atoms with Crippen molar-refractivity contribution in [1.82, 2.24) is 0 Å². The molecule has 0 spiro atoms. The van der Waals surface area contributed by atoms with Crippen LogP contribution in [0.1, 0.15) is 25.8 Å². The molecule has 0 radical (unpaired) electrons. The maximum atomic E-state index is 12.8. The number of carbonyl (C=O) groups excluding carboxylic acids is 2. The van der Waals surface area contributed by atoms with E-state index in [-0.39, 0.29) is 10.9 Å². The van der Waals surface area contributed by atoms with Crippen molar-refractivity contribution in [3.8, 4) is 11.1 Å². The Hall–Kier alpha value is -2.39. The number of ketones is 1. The Morgan fingerprint density at radius 2 is 1.70 bits per heavy atom. The van der Waals surface area contributed by atoms with Crippen LogP contribution in [0, 0.1) is 5.92 Å². The Labute approximate surface area is 165 Å². The van der Waals surface area contributed by atoms with E-state index in [1.807, 2.05) is 38.1 Å². The fraction of sp³-hybridized carbons (Fsp3) is 0.250. The van der Waals surface area contributed by atoms with Gasteiger partial charge in [0.2, 0.25) is 5.12 Å². The quantitative estimate of drug-likeness (QED) is 0.483. The molecule has 3 heteroatoms. The molecule has 1 fully saturated rings. The standard InChI is InChI=1S/C24H24O2S/c1-4-17(2)16-24(3)22(25)21(23(26)27-24)15-12-18-10-13-20(14-11-18)19-8-6-5-7-9-19/h4-11,13-14,16,21H,1,12,15H2,2-3H3/t21?,24-/m1/s1. The number of hydrogen-bond donors (Lipinski definition) is 0. The van der Waals surface area contributed by atoms with Crippen molar-refractivity contribution in [3.63, 3.8) is 0 Å². The first kappa shape index (κ1) is 19.4. The normalized spacial score (nSPS) is 22.9. The zero-order chi connectivity index (χ0) is 19.4. The first-order valence-corrected chi connectivity index (χ1v) is 9.98. The largest absolute Gasteiger partial charge is 0.297 e. The van der Waals surface area contributed by atoms with E-state index in [1.54, 1.807) is 6.08 Å². The second-order valence-corrected chi connectivity index (χ2v) is 8.59. The minimum atomic E-state index is -0.767. The molecule has 0 N–H and O–H groups in total. The van der Waals surface area contributed by atoms with Crippen LogP contribution in [-0.4, -0.2) is 15.6 Å². The van der Waals surface area contributed by atoms with E-state index in [0.29, 0.717) is 6.42 Å². The molecule has 1 aliphatic rings. The summed E-state index contributed by atoms with van der Waals surface area (Å²) < 4.78 is -0.767. The lowest BCUT2D eigenvalue weighted by atomic mass is 9.89. The molecule has 1 saturated heterocycles. The molecule has 2 aromatic carbocycles. The lowest BCUT2D eigenvalue weighted by Crippen LogP contribution is -2.29. The van der Waals surface area contributed by atoms with E-state index in [4.69, 9.17) is 0 Å². The molecule has 0 amide bonds. The Morgan fingerprint density at radius 3 is 2.33 bits per heavy atom. The summed E-state index contributed by atoms with van der Waals surface area (Å²) in [6.07, 6.45) is 4.86. The van der Waals surface area contributed by atoms with Gasteiger partial charge in [0, 0.05) is 0 Å². The average Bonchev–Trinajstić information content (AvgIpc) is 2.89. The summed E-state index contributed by atoms with van der Waals surface area (Å²) in [5.41, 5.74) is 4.41. The van der Waals surface area contributed by atoms with Crippen LogP contribution in [0.15, 0.2) is 78.9 Å². The summed E-state index contributed by atoms with van der Waals surface area (Å²) in [4.78, 5) is 25.2. The van der Waals surface area contributed by atoms with Crippen LogP contribution in [0.25, 0.3) is 11.1 Å².